The minimum atomic E-state index is 0.976. The van der Waals surface area contributed by atoms with Crippen LogP contribution in [-0.2, 0) is 0 Å². The van der Waals surface area contributed by atoms with Crippen LogP contribution in [0.4, 0.5) is 0 Å². The van der Waals surface area contributed by atoms with Crippen molar-refractivity contribution >= 4 is 17.1 Å². The Hall–Kier alpha value is -0.170. The van der Waals surface area contributed by atoms with Crippen LogP contribution in [0.5, 0.6) is 0 Å². The van der Waals surface area contributed by atoms with E-state index in [9.17, 15) is 0 Å². The molecular formula is C7H12S. The van der Waals surface area contributed by atoms with Crippen molar-refractivity contribution in [3.8, 4) is 0 Å². The quantitative estimate of drug-likeness (QED) is 0.407. The molecule has 0 bridgehead atoms. The van der Waals surface area contributed by atoms with Crippen molar-refractivity contribution < 1.29 is 0 Å². The summed E-state index contributed by atoms with van der Waals surface area (Å²) >= 11 is 4.86. The second kappa shape index (κ2) is 3.79. The molecule has 0 rings (SSSR count). The summed E-state index contributed by atoms with van der Waals surface area (Å²) in [5.41, 5.74) is 1.36. The van der Waals surface area contributed by atoms with E-state index in [1.807, 2.05) is 13.0 Å². The van der Waals surface area contributed by atoms with Gasteiger partial charge in [0.05, 0.1) is 0 Å². The predicted molar refractivity (Wildman–Crippen MR) is 42.3 cm³/mol. The maximum absolute atomic E-state index is 4.86. The number of thiocarbonyl (C=S) groups is 1. The van der Waals surface area contributed by atoms with Gasteiger partial charge in [0.25, 0.3) is 0 Å². The molecule has 0 aliphatic carbocycles. The van der Waals surface area contributed by atoms with Gasteiger partial charge in [-0.2, -0.15) is 0 Å². The molecule has 0 fully saturated rings. The molecule has 0 aliphatic rings. The molecule has 0 saturated carbocycles. The van der Waals surface area contributed by atoms with Crippen LogP contribution < -0.4 is 0 Å². The predicted octanol–water partition coefficient (Wildman–Crippen LogP) is 2.73. The van der Waals surface area contributed by atoms with E-state index in [1.165, 1.54) is 5.57 Å². The fraction of sp³-hybridized carbons (Fsp3) is 0.571. The Bertz CT molecular complexity index is 112. The molecule has 0 radical (unpaired) electrons. The molecule has 0 saturated heterocycles. The third kappa shape index (κ3) is 4.00. The highest BCUT2D eigenvalue weighted by molar-refractivity contribution is 7.80. The molecule has 0 aromatic rings. The number of hydrogen-bond donors (Lipinski definition) is 0. The Kier molecular flexibility index (Phi) is 3.71. The first-order chi connectivity index (χ1) is 3.66. The third-order valence-corrected chi connectivity index (χ3v) is 1.13. The highest BCUT2D eigenvalue weighted by Gasteiger charge is 1.82. The van der Waals surface area contributed by atoms with Gasteiger partial charge in [-0.1, -0.05) is 24.7 Å². The summed E-state index contributed by atoms with van der Waals surface area (Å²) in [7, 11) is 0. The van der Waals surface area contributed by atoms with Crippen molar-refractivity contribution in [3.05, 3.63) is 11.6 Å². The number of allylic oxidation sites excluding steroid dienone is 2. The molecule has 0 unspecified atom stereocenters. The van der Waals surface area contributed by atoms with Gasteiger partial charge >= 0.3 is 0 Å². The Morgan fingerprint density at radius 1 is 1.50 bits per heavy atom. The smallest absolute Gasteiger partial charge is 0.0120 e. The molecule has 46 valence electrons. The first-order valence-electron chi connectivity index (χ1n) is 2.84. The van der Waals surface area contributed by atoms with Crippen LogP contribution >= 0.6 is 12.2 Å². The Balaban J connectivity index is 3.75. The average molecular weight is 128 g/mol. The molecule has 0 aromatic heterocycles. The van der Waals surface area contributed by atoms with Crippen LogP contribution in [0.3, 0.4) is 0 Å². The second-order valence-corrected chi connectivity index (χ2v) is 2.60. The van der Waals surface area contributed by atoms with E-state index in [0.717, 1.165) is 11.3 Å². The van der Waals surface area contributed by atoms with Crippen molar-refractivity contribution in [2.24, 2.45) is 0 Å². The van der Waals surface area contributed by atoms with Crippen LogP contribution in [-0.4, -0.2) is 4.86 Å². The van der Waals surface area contributed by atoms with Gasteiger partial charge in [0.1, 0.15) is 0 Å². The van der Waals surface area contributed by atoms with Crippen molar-refractivity contribution in [2.75, 3.05) is 0 Å². The normalized spacial score (nSPS) is 11.6. The molecule has 8 heavy (non-hydrogen) atoms. The van der Waals surface area contributed by atoms with Gasteiger partial charge in [-0.3, -0.25) is 0 Å². The van der Waals surface area contributed by atoms with E-state index in [4.69, 9.17) is 12.2 Å². The van der Waals surface area contributed by atoms with E-state index in [2.05, 4.69) is 13.8 Å². The molecule has 1 heteroatoms. The molecule has 0 N–H and O–H groups in total. The lowest BCUT2D eigenvalue weighted by molar-refractivity contribution is 1.10. The average Bonchev–Trinajstić information content (AvgIpc) is 1.65. The number of hydrogen-bond acceptors (Lipinski definition) is 1. The first kappa shape index (κ1) is 7.83. The second-order valence-electron chi connectivity index (χ2n) is 1.95. The summed E-state index contributed by atoms with van der Waals surface area (Å²) in [6.07, 6.45) is 3.14. The lowest BCUT2D eigenvalue weighted by Crippen LogP contribution is -1.79. The third-order valence-electron chi connectivity index (χ3n) is 1.01. The van der Waals surface area contributed by atoms with Gasteiger partial charge in [0, 0.05) is 4.86 Å². The van der Waals surface area contributed by atoms with Crippen LogP contribution in [0, 0.1) is 0 Å². The monoisotopic (exact) mass is 128 g/mol. The molecule has 0 heterocycles. The van der Waals surface area contributed by atoms with Crippen LogP contribution in [0.25, 0.3) is 0 Å². The largest absolute Gasteiger partial charge is 0.0852 e. The molecule has 0 spiro atoms. The van der Waals surface area contributed by atoms with Gasteiger partial charge in [-0.15, -0.1) is 0 Å². The van der Waals surface area contributed by atoms with Crippen LogP contribution in [0.15, 0.2) is 11.6 Å². The van der Waals surface area contributed by atoms with Gasteiger partial charge in [0.2, 0.25) is 0 Å². The van der Waals surface area contributed by atoms with Gasteiger partial charge < -0.3 is 0 Å². The summed E-state index contributed by atoms with van der Waals surface area (Å²) < 4.78 is 0. The maximum atomic E-state index is 4.86. The summed E-state index contributed by atoms with van der Waals surface area (Å²) in [5, 5.41) is 0. The maximum Gasteiger partial charge on any atom is 0.0120 e. The van der Waals surface area contributed by atoms with Crippen LogP contribution in [0.1, 0.15) is 27.2 Å². The van der Waals surface area contributed by atoms with E-state index < -0.39 is 0 Å². The van der Waals surface area contributed by atoms with Crippen LogP contribution in [0.2, 0.25) is 0 Å². The van der Waals surface area contributed by atoms with E-state index in [1.54, 1.807) is 0 Å². The van der Waals surface area contributed by atoms with E-state index >= 15 is 0 Å². The SMILES string of the molecule is CCC(C)=CC(C)=S. The topological polar surface area (TPSA) is 0 Å². The number of rotatable bonds is 2. The Labute approximate surface area is 56.6 Å². The van der Waals surface area contributed by atoms with Gasteiger partial charge in [-0.25, -0.2) is 0 Å². The minimum absolute atomic E-state index is 0.976. The minimum Gasteiger partial charge on any atom is -0.0852 e. The first-order valence-corrected chi connectivity index (χ1v) is 3.25. The van der Waals surface area contributed by atoms with E-state index in [0.29, 0.717) is 0 Å². The lowest BCUT2D eigenvalue weighted by atomic mass is 10.2. The van der Waals surface area contributed by atoms with Crippen molar-refractivity contribution in [2.45, 2.75) is 27.2 Å². The molecule has 0 atom stereocenters. The zero-order valence-electron chi connectivity index (χ0n) is 5.69. The highest BCUT2D eigenvalue weighted by Crippen LogP contribution is 1.97. The molecular weight excluding hydrogens is 116 g/mol. The molecule has 0 nitrogen and oxygen atoms in total. The Morgan fingerprint density at radius 2 is 2.00 bits per heavy atom. The van der Waals surface area contributed by atoms with Gasteiger partial charge in [-0.05, 0) is 26.3 Å². The summed E-state index contributed by atoms with van der Waals surface area (Å²) in [5.74, 6) is 0. The van der Waals surface area contributed by atoms with Crippen molar-refractivity contribution in [3.63, 3.8) is 0 Å². The molecule has 0 aliphatic heterocycles. The lowest BCUT2D eigenvalue weighted by Gasteiger charge is -1.90. The van der Waals surface area contributed by atoms with E-state index in [-0.39, 0.29) is 0 Å². The highest BCUT2D eigenvalue weighted by atomic mass is 32.1. The zero-order chi connectivity index (χ0) is 6.57. The zero-order valence-corrected chi connectivity index (χ0v) is 6.51. The van der Waals surface area contributed by atoms with Crippen molar-refractivity contribution in [1.29, 1.82) is 0 Å². The van der Waals surface area contributed by atoms with Gasteiger partial charge in [0.15, 0.2) is 0 Å². The summed E-state index contributed by atoms with van der Waals surface area (Å²) in [4.78, 5) is 0.976. The summed E-state index contributed by atoms with van der Waals surface area (Å²) in [6, 6.07) is 0. The standard InChI is InChI=1S/C7H12S/c1-4-6(2)5-7(3)8/h5H,4H2,1-3H3. The summed E-state index contributed by atoms with van der Waals surface area (Å²) in [6.45, 7) is 6.16. The Morgan fingerprint density at radius 3 is 2.12 bits per heavy atom. The van der Waals surface area contributed by atoms with Crippen molar-refractivity contribution in [1.82, 2.24) is 0 Å². The molecule has 0 aromatic carbocycles. The fourth-order valence-electron chi connectivity index (χ4n) is 0.449. The molecule has 0 amide bonds. The fourth-order valence-corrected chi connectivity index (χ4v) is 0.650.